The Morgan fingerprint density at radius 2 is 2.08 bits per heavy atom. The Bertz CT molecular complexity index is 252. The third kappa shape index (κ3) is 3.38. The molecule has 1 aromatic carbocycles. The molecule has 1 rings (SSSR count). The summed E-state index contributed by atoms with van der Waals surface area (Å²) in [5.41, 5.74) is 1.08. The van der Waals surface area contributed by atoms with Crippen molar-refractivity contribution in [1.29, 1.82) is 0 Å². The van der Waals surface area contributed by atoms with Gasteiger partial charge in [0.2, 0.25) is 0 Å². The van der Waals surface area contributed by atoms with E-state index in [9.17, 15) is 0 Å². The Morgan fingerprint density at radius 3 is 2.62 bits per heavy atom. The summed E-state index contributed by atoms with van der Waals surface area (Å²) in [4.78, 5) is 4.26. The van der Waals surface area contributed by atoms with E-state index in [1.807, 2.05) is 43.5 Å². The average molecular weight is 177 g/mol. The summed E-state index contributed by atoms with van der Waals surface area (Å²) in [6.07, 6.45) is 2.68. The van der Waals surface area contributed by atoms with Gasteiger partial charge in [-0.3, -0.25) is 4.99 Å². The lowest BCUT2D eigenvalue weighted by molar-refractivity contribution is 0.264. The van der Waals surface area contributed by atoms with Crippen LogP contribution in [0.3, 0.4) is 0 Å². The highest BCUT2D eigenvalue weighted by atomic mass is 16.3. The van der Waals surface area contributed by atoms with Crippen molar-refractivity contribution in [2.45, 2.75) is 19.4 Å². The maximum atomic E-state index is 8.89. The number of aliphatic hydroxyl groups is 1. The van der Waals surface area contributed by atoms with E-state index in [1.54, 1.807) is 0 Å². The van der Waals surface area contributed by atoms with Gasteiger partial charge in [0.1, 0.15) is 0 Å². The molecule has 2 heteroatoms. The van der Waals surface area contributed by atoms with E-state index in [-0.39, 0.29) is 12.6 Å². The Hall–Kier alpha value is -1.15. The van der Waals surface area contributed by atoms with Crippen LogP contribution in [0.4, 0.5) is 0 Å². The first-order valence-corrected chi connectivity index (χ1v) is 4.56. The molecule has 0 saturated heterocycles. The molecule has 0 saturated carbocycles. The van der Waals surface area contributed by atoms with Crippen molar-refractivity contribution in [3.63, 3.8) is 0 Å². The summed E-state index contributed by atoms with van der Waals surface area (Å²) >= 11 is 0. The second-order valence-corrected chi connectivity index (χ2v) is 2.93. The molecule has 1 aromatic rings. The molecule has 0 spiro atoms. The average Bonchev–Trinajstić information content (AvgIpc) is 2.21. The van der Waals surface area contributed by atoms with Crippen LogP contribution < -0.4 is 0 Å². The summed E-state index contributed by atoms with van der Waals surface area (Å²) in [6, 6.07) is 9.95. The molecule has 2 nitrogen and oxygen atoms in total. The minimum Gasteiger partial charge on any atom is -0.394 e. The van der Waals surface area contributed by atoms with Gasteiger partial charge in [-0.2, -0.15) is 0 Å². The number of nitrogens with zero attached hydrogens (tertiary/aromatic N) is 1. The highest BCUT2D eigenvalue weighted by molar-refractivity contribution is 5.79. The van der Waals surface area contributed by atoms with Crippen LogP contribution in [-0.2, 0) is 0 Å². The number of hydrogen-bond donors (Lipinski definition) is 1. The van der Waals surface area contributed by atoms with E-state index in [1.165, 1.54) is 0 Å². The van der Waals surface area contributed by atoms with E-state index in [2.05, 4.69) is 4.99 Å². The van der Waals surface area contributed by atoms with Gasteiger partial charge < -0.3 is 5.11 Å². The predicted molar refractivity (Wildman–Crippen MR) is 55.2 cm³/mol. The topological polar surface area (TPSA) is 32.6 Å². The van der Waals surface area contributed by atoms with Gasteiger partial charge in [0.15, 0.2) is 0 Å². The van der Waals surface area contributed by atoms with Crippen LogP contribution in [0.15, 0.2) is 35.3 Å². The molecular weight excluding hydrogens is 162 g/mol. The Morgan fingerprint density at radius 1 is 1.38 bits per heavy atom. The van der Waals surface area contributed by atoms with Gasteiger partial charge >= 0.3 is 0 Å². The molecule has 70 valence electrons. The molecule has 0 radical (unpaired) electrons. The molecule has 0 bridgehead atoms. The first-order chi connectivity index (χ1) is 6.36. The molecule has 0 amide bonds. The molecule has 0 aliphatic heterocycles. The fraction of sp³-hybridized carbons (Fsp3) is 0.364. The van der Waals surface area contributed by atoms with E-state index in [4.69, 9.17) is 5.11 Å². The van der Waals surface area contributed by atoms with Gasteiger partial charge in [-0.1, -0.05) is 37.3 Å². The van der Waals surface area contributed by atoms with E-state index < -0.39 is 0 Å². The highest BCUT2D eigenvalue weighted by Crippen LogP contribution is 1.98. The van der Waals surface area contributed by atoms with E-state index in [0.717, 1.165) is 12.0 Å². The van der Waals surface area contributed by atoms with Gasteiger partial charge in [0, 0.05) is 6.21 Å². The Kier molecular flexibility index (Phi) is 4.19. The zero-order valence-electron chi connectivity index (χ0n) is 7.85. The van der Waals surface area contributed by atoms with Crippen LogP contribution in [0.25, 0.3) is 0 Å². The van der Waals surface area contributed by atoms with Crippen LogP contribution in [0.1, 0.15) is 18.9 Å². The van der Waals surface area contributed by atoms with Crippen LogP contribution in [0.5, 0.6) is 0 Å². The molecule has 0 aliphatic rings. The lowest BCUT2D eigenvalue weighted by Crippen LogP contribution is -2.08. The summed E-state index contributed by atoms with van der Waals surface area (Å²) < 4.78 is 0. The van der Waals surface area contributed by atoms with Crippen molar-refractivity contribution in [3.05, 3.63) is 35.9 Å². The molecule has 13 heavy (non-hydrogen) atoms. The zero-order chi connectivity index (χ0) is 9.52. The van der Waals surface area contributed by atoms with Crippen molar-refractivity contribution >= 4 is 6.21 Å². The number of benzene rings is 1. The summed E-state index contributed by atoms with van der Waals surface area (Å²) in [5, 5.41) is 8.89. The molecule has 0 aliphatic carbocycles. The van der Waals surface area contributed by atoms with Gasteiger partial charge in [-0.25, -0.2) is 0 Å². The normalized spacial score (nSPS) is 13.4. The maximum absolute atomic E-state index is 8.89. The standard InChI is InChI=1S/C11H15NO/c1-2-11(9-13)12-8-10-6-4-3-5-7-10/h3-8,11,13H,2,9H2,1H3/t11-/m1/s1. The number of aliphatic imine (C=N–C) groups is 1. The van der Waals surface area contributed by atoms with Crippen molar-refractivity contribution in [3.8, 4) is 0 Å². The van der Waals surface area contributed by atoms with E-state index >= 15 is 0 Å². The predicted octanol–water partition coefficient (Wildman–Crippen LogP) is 1.88. The third-order valence-electron chi connectivity index (χ3n) is 1.92. The smallest absolute Gasteiger partial charge is 0.0727 e. The molecule has 1 N–H and O–H groups in total. The van der Waals surface area contributed by atoms with Crippen molar-refractivity contribution in [2.75, 3.05) is 6.61 Å². The van der Waals surface area contributed by atoms with Crippen LogP contribution >= 0.6 is 0 Å². The Balaban J connectivity index is 2.57. The molecule has 0 unspecified atom stereocenters. The Labute approximate surface area is 78.9 Å². The molecule has 0 fully saturated rings. The lowest BCUT2D eigenvalue weighted by Gasteiger charge is -2.03. The fourth-order valence-corrected chi connectivity index (χ4v) is 1.01. The minimum absolute atomic E-state index is 0.0419. The van der Waals surface area contributed by atoms with Gasteiger partial charge in [0.25, 0.3) is 0 Å². The van der Waals surface area contributed by atoms with Gasteiger partial charge in [-0.15, -0.1) is 0 Å². The zero-order valence-corrected chi connectivity index (χ0v) is 7.85. The fourth-order valence-electron chi connectivity index (χ4n) is 1.01. The van der Waals surface area contributed by atoms with Gasteiger partial charge in [-0.05, 0) is 12.0 Å². The van der Waals surface area contributed by atoms with Crippen molar-refractivity contribution in [1.82, 2.24) is 0 Å². The minimum atomic E-state index is 0.0419. The molecular formula is C11H15NO. The summed E-state index contributed by atoms with van der Waals surface area (Å²) in [7, 11) is 0. The molecule has 0 heterocycles. The lowest BCUT2D eigenvalue weighted by atomic mass is 10.2. The first-order valence-electron chi connectivity index (χ1n) is 4.56. The second-order valence-electron chi connectivity index (χ2n) is 2.93. The first kappa shape index (κ1) is 9.93. The number of aliphatic hydroxyl groups excluding tert-OH is 1. The van der Waals surface area contributed by atoms with Crippen LogP contribution in [-0.4, -0.2) is 24.0 Å². The second kappa shape index (κ2) is 5.49. The quantitative estimate of drug-likeness (QED) is 0.700. The van der Waals surface area contributed by atoms with Crippen molar-refractivity contribution < 1.29 is 5.11 Å². The molecule has 0 aromatic heterocycles. The monoisotopic (exact) mass is 177 g/mol. The maximum Gasteiger partial charge on any atom is 0.0727 e. The summed E-state index contributed by atoms with van der Waals surface area (Å²) in [6.45, 7) is 2.14. The molecule has 1 atom stereocenters. The number of rotatable bonds is 4. The third-order valence-corrected chi connectivity index (χ3v) is 1.92. The van der Waals surface area contributed by atoms with Gasteiger partial charge in [0.05, 0.1) is 12.6 Å². The number of hydrogen-bond acceptors (Lipinski definition) is 2. The largest absolute Gasteiger partial charge is 0.394 e. The highest BCUT2D eigenvalue weighted by Gasteiger charge is 1.98. The van der Waals surface area contributed by atoms with Crippen molar-refractivity contribution in [2.24, 2.45) is 4.99 Å². The SMILES string of the molecule is CC[C@H](CO)N=Cc1ccccc1. The van der Waals surface area contributed by atoms with Crippen LogP contribution in [0.2, 0.25) is 0 Å². The summed E-state index contributed by atoms with van der Waals surface area (Å²) in [5.74, 6) is 0. The van der Waals surface area contributed by atoms with E-state index in [0.29, 0.717) is 0 Å². The van der Waals surface area contributed by atoms with Crippen LogP contribution in [0, 0.1) is 0 Å².